The molecule has 0 saturated heterocycles. The molecule has 0 unspecified atom stereocenters. The Labute approximate surface area is 147 Å². The Hall–Kier alpha value is -2.98. The quantitative estimate of drug-likeness (QED) is 0.776. The molecule has 3 aromatic rings. The van der Waals surface area contributed by atoms with Crippen molar-refractivity contribution < 1.29 is 9.90 Å². The lowest BCUT2D eigenvalue weighted by atomic mass is 9.94. The van der Waals surface area contributed by atoms with Crippen LogP contribution in [-0.2, 0) is 0 Å². The molecule has 0 radical (unpaired) electrons. The standard InChI is InChI=1S/C21H20N2O2/c1-23(21(25)18-14-8-9-15-22-18)19(16-10-4-2-5-11-16)20(24)17-12-6-3-7-13-17/h2-15,19-20,24H,1H3/t19-,20+/m0/s1. The Bertz CT molecular complexity index is 807. The van der Waals surface area contributed by atoms with Gasteiger partial charge in [-0.1, -0.05) is 66.7 Å². The van der Waals surface area contributed by atoms with Gasteiger partial charge in [0.2, 0.25) is 0 Å². The summed E-state index contributed by atoms with van der Waals surface area (Å²) in [6.07, 6.45) is 0.743. The number of aromatic nitrogens is 1. The first-order valence-electron chi connectivity index (χ1n) is 8.14. The van der Waals surface area contributed by atoms with Crippen molar-refractivity contribution in [2.75, 3.05) is 7.05 Å². The SMILES string of the molecule is CN(C(=O)c1ccccn1)[C@@H](c1ccccc1)[C@H](O)c1ccccc1. The largest absolute Gasteiger partial charge is 0.386 e. The summed E-state index contributed by atoms with van der Waals surface area (Å²) in [5.74, 6) is -0.232. The molecule has 0 spiro atoms. The number of nitrogens with zero attached hydrogens (tertiary/aromatic N) is 2. The number of amides is 1. The van der Waals surface area contributed by atoms with E-state index in [-0.39, 0.29) is 5.91 Å². The minimum Gasteiger partial charge on any atom is -0.386 e. The number of aliphatic hydroxyl groups excluding tert-OH is 1. The smallest absolute Gasteiger partial charge is 0.272 e. The second kappa shape index (κ2) is 7.73. The van der Waals surface area contributed by atoms with Crippen LogP contribution in [0.4, 0.5) is 0 Å². The summed E-state index contributed by atoms with van der Waals surface area (Å²) in [5.41, 5.74) is 1.98. The molecule has 4 nitrogen and oxygen atoms in total. The van der Waals surface area contributed by atoms with E-state index in [1.165, 1.54) is 0 Å². The first kappa shape index (κ1) is 16.9. The molecule has 126 valence electrons. The van der Waals surface area contributed by atoms with E-state index in [0.717, 1.165) is 11.1 Å². The number of benzene rings is 2. The average Bonchev–Trinajstić information content (AvgIpc) is 2.69. The van der Waals surface area contributed by atoms with Gasteiger partial charge in [0.15, 0.2) is 0 Å². The van der Waals surface area contributed by atoms with E-state index < -0.39 is 12.1 Å². The van der Waals surface area contributed by atoms with Crippen molar-refractivity contribution in [2.24, 2.45) is 0 Å². The Kier molecular flexibility index (Phi) is 5.21. The van der Waals surface area contributed by atoms with E-state index in [9.17, 15) is 9.90 Å². The third-order valence-corrected chi connectivity index (χ3v) is 4.20. The van der Waals surface area contributed by atoms with Gasteiger partial charge in [-0.25, -0.2) is 0 Å². The van der Waals surface area contributed by atoms with Crippen molar-refractivity contribution in [1.82, 2.24) is 9.88 Å². The highest BCUT2D eigenvalue weighted by Gasteiger charge is 2.30. The third kappa shape index (κ3) is 3.75. The van der Waals surface area contributed by atoms with Gasteiger partial charge in [-0.2, -0.15) is 0 Å². The summed E-state index contributed by atoms with van der Waals surface area (Å²) in [6.45, 7) is 0. The number of hydrogen-bond donors (Lipinski definition) is 1. The zero-order valence-electron chi connectivity index (χ0n) is 14.0. The van der Waals surface area contributed by atoms with Crippen molar-refractivity contribution in [3.05, 3.63) is 102 Å². The number of hydrogen-bond acceptors (Lipinski definition) is 3. The van der Waals surface area contributed by atoms with E-state index in [1.807, 2.05) is 60.7 Å². The number of carbonyl (C=O) groups is 1. The molecule has 0 bridgehead atoms. The summed E-state index contributed by atoms with van der Waals surface area (Å²) in [5, 5.41) is 11.0. The molecule has 0 aliphatic rings. The maximum atomic E-state index is 12.8. The van der Waals surface area contributed by atoms with Crippen LogP contribution in [0.3, 0.4) is 0 Å². The molecule has 3 rings (SSSR count). The van der Waals surface area contributed by atoms with E-state index in [0.29, 0.717) is 5.69 Å². The molecule has 0 fully saturated rings. The number of pyridine rings is 1. The van der Waals surface area contributed by atoms with E-state index in [1.54, 1.807) is 36.3 Å². The Morgan fingerprint density at radius 3 is 2.00 bits per heavy atom. The highest BCUT2D eigenvalue weighted by molar-refractivity contribution is 5.92. The monoisotopic (exact) mass is 332 g/mol. The van der Waals surface area contributed by atoms with Gasteiger partial charge in [-0.3, -0.25) is 9.78 Å². The van der Waals surface area contributed by atoms with E-state index in [2.05, 4.69) is 4.98 Å². The molecule has 1 aromatic heterocycles. The maximum absolute atomic E-state index is 12.8. The fourth-order valence-corrected chi connectivity index (χ4v) is 2.90. The molecular weight excluding hydrogens is 312 g/mol. The van der Waals surface area contributed by atoms with Crippen LogP contribution >= 0.6 is 0 Å². The van der Waals surface area contributed by atoms with Gasteiger partial charge in [-0.15, -0.1) is 0 Å². The normalized spacial score (nSPS) is 13.0. The fourth-order valence-electron chi connectivity index (χ4n) is 2.90. The molecule has 25 heavy (non-hydrogen) atoms. The number of aliphatic hydroxyl groups is 1. The van der Waals surface area contributed by atoms with Crippen LogP contribution in [0.1, 0.15) is 33.8 Å². The van der Waals surface area contributed by atoms with Crippen LogP contribution < -0.4 is 0 Å². The highest BCUT2D eigenvalue weighted by atomic mass is 16.3. The summed E-state index contributed by atoms with van der Waals surface area (Å²) in [7, 11) is 1.70. The molecule has 2 aromatic carbocycles. The topological polar surface area (TPSA) is 53.4 Å². The number of carbonyl (C=O) groups excluding carboxylic acids is 1. The average molecular weight is 332 g/mol. The molecule has 0 aliphatic heterocycles. The van der Waals surface area contributed by atoms with Gasteiger partial charge in [-0.05, 0) is 23.3 Å². The van der Waals surface area contributed by atoms with Crippen LogP contribution in [0.2, 0.25) is 0 Å². The molecule has 4 heteroatoms. The number of likely N-dealkylation sites (N-methyl/N-ethyl adjacent to an activating group) is 1. The van der Waals surface area contributed by atoms with E-state index >= 15 is 0 Å². The number of rotatable bonds is 5. The van der Waals surface area contributed by atoms with Gasteiger partial charge in [0.1, 0.15) is 11.8 Å². The van der Waals surface area contributed by atoms with Crippen molar-refractivity contribution >= 4 is 5.91 Å². The second-order valence-corrected chi connectivity index (χ2v) is 5.84. The van der Waals surface area contributed by atoms with Crippen LogP contribution in [0, 0.1) is 0 Å². The second-order valence-electron chi connectivity index (χ2n) is 5.84. The predicted octanol–water partition coefficient (Wildman–Crippen LogP) is 3.63. The molecule has 1 amide bonds. The van der Waals surface area contributed by atoms with Crippen molar-refractivity contribution in [3.8, 4) is 0 Å². The van der Waals surface area contributed by atoms with Crippen molar-refractivity contribution in [2.45, 2.75) is 12.1 Å². The molecular formula is C21H20N2O2. The fraction of sp³-hybridized carbons (Fsp3) is 0.143. The van der Waals surface area contributed by atoms with Gasteiger partial charge < -0.3 is 10.0 Å². The van der Waals surface area contributed by atoms with Crippen LogP contribution in [0.15, 0.2) is 85.1 Å². The summed E-state index contributed by atoms with van der Waals surface area (Å²) in [4.78, 5) is 18.5. The summed E-state index contributed by atoms with van der Waals surface area (Å²) in [6, 6.07) is 23.6. The third-order valence-electron chi connectivity index (χ3n) is 4.20. The van der Waals surface area contributed by atoms with E-state index in [4.69, 9.17) is 0 Å². The molecule has 1 N–H and O–H groups in total. The first-order chi connectivity index (χ1) is 12.2. The first-order valence-corrected chi connectivity index (χ1v) is 8.14. The minimum absolute atomic E-state index is 0.232. The lowest BCUT2D eigenvalue weighted by Crippen LogP contribution is -2.35. The van der Waals surface area contributed by atoms with Crippen LogP contribution in [0.5, 0.6) is 0 Å². The summed E-state index contributed by atoms with van der Waals surface area (Å²) < 4.78 is 0. The predicted molar refractivity (Wildman–Crippen MR) is 96.9 cm³/mol. The lowest BCUT2D eigenvalue weighted by molar-refractivity contribution is 0.0427. The molecule has 0 saturated carbocycles. The zero-order chi connectivity index (χ0) is 17.6. The molecule has 1 heterocycles. The zero-order valence-corrected chi connectivity index (χ0v) is 14.0. The Balaban J connectivity index is 1.98. The maximum Gasteiger partial charge on any atom is 0.272 e. The van der Waals surface area contributed by atoms with Gasteiger partial charge in [0.25, 0.3) is 5.91 Å². The van der Waals surface area contributed by atoms with Crippen molar-refractivity contribution in [3.63, 3.8) is 0 Å². The minimum atomic E-state index is -0.846. The van der Waals surface area contributed by atoms with Crippen LogP contribution in [-0.4, -0.2) is 27.9 Å². The Morgan fingerprint density at radius 1 is 0.880 bits per heavy atom. The van der Waals surface area contributed by atoms with Gasteiger partial charge in [0.05, 0.1) is 6.04 Å². The highest BCUT2D eigenvalue weighted by Crippen LogP contribution is 2.33. The van der Waals surface area contributed by atoms with Crippen LogP contribution in [0.25, 0.3) is 0 Å². The Morgan fingerprint density at radius 2 is 1.44 bits per heavy atom. The van der Waals surface area contributed by atoms with Crippen molar-refractivity contribution in [1.29, 1.82) is 0 Å². The molecule has 2 atom stereocenters. The lowest BCUT2D eigenvalue weighted by Gasteiger charge is -2.32. The summed E-state index contributed by atoms with van der Waals surface area (Å²) >= 11 is 0. The molecule has 0 aliphatic carbocycles. The van der Waals surface area contributed by atoms with Gasteiger partial charge in [0, 0.05) is 13.2 Å². The van der Waals surface area contributed by atoms with Gasteiger partial charge >= 0.3 is 0 Å².